The standard InChI is InChI=1S/C26H35N5O7/c1-3-14(2)22(27)24(35)29-18(11-15-13-28-17-8-5-4-7-16(15)17)25(36)31-10-6-9-20(31)23(34)30-19(26(37)38)12-21(32)33/h4-5,7-8,13-14,18-20,22,28H,3,6,9-12,27H2,1-2H3,(H,29,35)(H,30,34)(H,32,33)(H,37,38). The van der Waals surface area contributed by atoms with Gasteiger partial charge in [-0.3, -0.25) is 19.2 Å². The van der Waals surface area contributed by atoms with Crippen LogP contribution in [0.4, 0.5) is 0 Å². The van der Waals surface area contributed by atoms with Crippen molar-refractivity contribution in [1.29, 1.82) is 0 Å². The van der Waals surface area contributed by atoms with Gasteiger partial charge in [-0.15, -0.1) is 0 Å². The van der Waals surface area contributed by atoms with Crippen LogP contribution in [0, 0.1) is 5.92 Å². The molecule has 7 N–H and O–H groups in total. The number of nitrogens with two attached hydrogens (primary N) is 1. The van der Waals surface area contributed by atoms with Gasteiger partial charge in [0.25, 0.3) is 0 Å². The number of para-hydroxylation sites is 1. The summed E-state index contributed by atoms with van der Waals surface area (Å²) >= 11 is 0. The molecule has 0 saturated carbocycles. The molecule has 1 saturated heterocycles. The third kappa shape index (κ3) is 6.68. The van der Waals surface area contributed by atoms with Crippen LogP contribution in [0.25, 0.3) is 10.9 Å². The normalized spacial score (nSPS) is 18.4. The maximum atomic E-state index is 13.8. The zero-order valence-electron chi connectivity index (χ0n) is 21.5. The minimum absolute atomic E-state index is 0.119. The molecule has 3 amide bonds. The van der Waals surface area contributed by atoms with Gasteiger partial charge in [-0.1, -0.05) is 38.5 Å². The monoisotopic (exact) mass is 529 g/mol. The zero-order valence-corrected chi connectivity index (χ0v) is 21.5. The summed E-state index contributed by atoms with van der Waals surface area (Å²) in [5.41, 5.74) is 7.79. The van der Waals surface area contributed by atoms with Gasteiger partial charge in [-0.2, -0.15) is 0 Å². The van der Waals surface area contributed by atoms with Crippen LogP contribution in [0.3, 0.4) is 0 Å². The van der Waals surface area contributed by atoms with E-state index in [1.54, 1.807) is 6.20 Å². The molecule has 0 radical (unpaired) electrons. The van der Waals surface area contributed by atoms with E-state index in [4.69, 9.17) is 10.8 Å². The van der Waals surface area contributed by atoms with Gasteiger partial charge in [-0.05, 0) is 30.4 Å². The molecule has 1 aliphatic heterocycles. The molecule has 0 aliphatic carbocycles. The highest BCUT2D eigenvalue weighted by molar-refractivity contribution is 5.95. The molecule has 0 spiro atoms. The Bertz CT molecular complexity index is 1200. The largest absolute Gasteiger partial charge is 0.481 e. The van der Waals surface area contributed by atoms with Gasteiger partial charge < -0.3 is 36.5 Å². The zero-order chi connectivity index (χ0) is 28.0. The first-order valence-corrected chi connectivity index (χ1v) is 12.7. The maximum Gasteiger partial charge on any atom is 0.326 e. The number of nitrogens with one attached hydrogen (secondary N) is 3. The van der Waals surface area contributed by atoms with Crippen LogP contribution in [0.2, 0.25) is 0 Å². The number of carboxylic acid groups (broad SMARTS) is 2. The van der Waals surface area contributed by atoms with Crippen LogP contribution in [0.1, 0.15) is 45.1 Å². The first-order valence-electron chi connectivity index (χ1n) is 12.7. The molecule has 38 heavy (non-hydrogen) atoms. The summed E-state index contributed by atoms with van der Waals surface area (Å²) in [6.45, 7) is 3.98. The van der Waals surface area contributed by atoms with E-state index < -0.39 is 60.2 Å². The fraction of sp³-hybridized carbons (Fsp3) is 0.500. The summed E-state index contributed by atoms with van der Waals surface area (Å²) in [6, 6.07) is 3.05. The number of benzene rings is 1. The van der Waals surface area contributed by atoms with Gasteiger partial charge in [0.1, 0.15) is 18.1 Å². The third-order valence-electron chi connectivity index (χ3n) is 7.11. The Morgan fingerprint density at radius 2 is 1.84 bits per heavy atom. The number of hydrogen-bond acceptors (Lipinski definition) is 6. The van der Waals surface area contributed by atoms with Gasteiger partial charge in [0, 0.05) is 30.1 Å². The second kappa shape index (κ2) is 12.5. The fourth-order valence-corrected chi connectivity index (χ4v) is 4.65. The van der Waals surface area contributed by atoms with E-state index in [2.05, 4.69) is 15.6 Å². The van der Waals surface area contributed by atoms with Crippen molar-refractivity contribution < 1.29 is 34.2 Å². The second-order valence-corrected chi connectivity index (χ2v) is 9.72. The highest BCUT2D eigenvalue weighted by atomic mass is 16.4. The smallest absolute Gasteiger partial charge is 0.326 e. The van der Waals surface area contributed by atoms with E-state index >= 15 is 0 Å². The summed E-state index contributed by atoms with van der Waals surface area (Å²) < 4.78 is 0. The van der Waals surface area contributed by atoms with Crippen molar-refractivity contribution in [2.75, 3.05) is 6.54 Å². The molecule has 2 aromatic rings. The molecular formula is C26H35N5O7. The first kappa shape index (κ1) is 28.6. The molecule has 12 heteroatoms. The predicted molar refractivity (Wildman–Crippen MR) is 138 cm³/mol. The van der Waals surface area contributed by atoms with E-state index in [0.717, 1.165) is 16.5 Å². The van der Waals surface area contributed by atoms with Crippen molar-refractivity contribution in [2.24, 2.45) is 11.7 Å². The molecule has 1 fully saturated rings. The Morgan fingerprint density at radius 1 is 1.13 bits per heavy atom. The summed E-state index contributed by atoms with van der Waals surface area (Å²) in [4.78, 5) is 66.7. The van der Waals surface area contributed by atoms with Gasteiger partial charge in [-0.25, -0.2) is 4.79 Å². The van der Waals surface area contributed by atoms with Crippen molar-refractivity contribution in [3.05, 3.63) is 36.0 Å². The Hall–Kier alpha value is -3.93. The number of carbonyl (C=O) groups excluding carboxylic acids is 3. The Labute approximate surface area is 219 Å². The van der Waals surface area contributed by atoms with E-state index in [0.29, 0.717) is 12.8 Å². The molecule has 0 bridgehead atoms. The minimum Gasteiger partial charge on any atom is -0.481 e. The number of amides is 3. The number of aromatic nitrogens is 1. The molecule has 3 rings (SSSR count). The molecular weight excluding hydrogens is 494 g/mol. The molecule has 2 heterocycles. The average molecular weight is 530 g/mol. The molecule has 1 aromatic carbocycles. The summed E-state index contributed by atoms with van der Waals surface area (Å²) in [7, 11) is 0. The number of hydrogen-bond donors (Lipinski definition) is 6. The SMILES string of the molecule is CCC(C)C(N)C(=O)NC(Cc1c[nH]c2ccccc12)C(=O)N1CCCC1C(=O)NC(CC(=O)O)C(=O)O. The number of H-pyrrole nitrogens is 1. The summed E-state index contributed by atoms with van der Waals surface area (Å²) in [5, 5.41) is 24.2. The van der Waals surface area contributed by atoms with Crippen LogP contribution in [-0.4, -0.2) is 80.5 Å². The quantitative estimate of drug-likeness (QED) is 0.230. The minimum atomic E-state index is -1.63. The Kier molecular flexibility index (Phi) is 9.45. The van der Waals surface area contributed by atoms with Crippen molar-refractivity contribution in [3.8, 4) is 0 Å². The second-order valence-electron chi connectivity index (χ2n) is 9.72. The first-order chi connectivity index (χ1) is 18.0. The number of likely N-dealkylation sites (tertiary alicyclic amines) is 1. The fourth-order valence-electron chi connectivity index (χ4n) is 4.65. The van der Waals surface area contributed by atoms with Crippen molar-refractivity contribution in [2.45, 2.75) is 70.1 Å². The van der Waals surface area contributed by atoms with Crippen LogP contribution in [0.5, 0.6) is 0 Å². The highest BCUT2D eigenvalue weighted by Gasteiger charge is 2.39. The lowest BCUT2D eigenvalue weighted by Gasteiger charge is -2.30. The van der Waals surface area contributed by atoms with Crippen LogP contribution in [0.15, 0.2) is 30.5 Å². The highest BCUT2D eigenvalue weighted by Crippen LogP contribution is 2.23. The van der Waals surface area contributed by atoms with Gasteiger partial charge >= 0.3 is 11.9 Å². The van der Waals surface area contributed by atoms with E-state index in [-0.39, 0.29) is 25.3 Å². The lowest BCUT2D eigenvalue weighted by Crippen LogP contribution is -2.58. The number of carboxylic acids is 2. The number of nitrogens with zero attached hydrogens (tertiary/aromatic N) is 1. The van der Waals surface area contributed by atoms with Gasteiger partial charge in [0.15, 0.2) is 0 Å². The number of fused-ring (bicyclic) bond motifs is 1. The Morgan fingerprint density at radius 3 is 2.50 bits per heavy atom. The summed E-state index contributed by atoms with van der Waals surface area (Å²) in [5.74, 6) is -4.71. The molecule has 12 nitrogen and oxygen atoms in total. The average Bonchev–Trinajstić information content (AvgIpc) is 3.54. The lowest BCUT2D eigenvalue weighted by atomic mass is 9.98. The van der Waals surface area contributed by atoms with Gasteiger partial charge in [0.05, 0.1) is 12.5 Å². The molecule has 5 atom stereocenters. The van der Waals surface area contributed by atoms with E-state index in [1.165, 1.54) is 4.90 Å². The van der Waals surface area contributed by atoms with Crippen molar-refractivity contribution in [1.82, 2.24) is 20.5 Å². The predicted octanol–water partition coefficient (Wildman–Crippen LogP) is 0.604. The third-order valence-corrected chi connectivity index (χ3v) is 7.11. The van der Waals surface area contributed by atoms with Crippen molar-refractivity contribution >= 4 is 40.6 Å². The Balaban J connectivity index is 1.85. The van der Waals surface area contributed by atoms with Crippen molar-refractivity contribution in [3.63, 3.8) is 0 Å². The number of rotatable bonds is 12. The summed E-state index contributed by atoms with van der Waals surface area (Å²) in [6.07, 6.45) is 2.55. The van der Waals surface area contributed by atoms with Crippen LogP contribution in [-0.2, 0) is 30.4 Å². The van der Waals surface area contributed by atoms with Gasteiger partial charge in [0.2, 0.25) is 17.7 Å². The van der Waals surface area contributed by atoms with Crippen LogP contribution < -0.4 is 16.4 Å². The maximum absolute atomic E-state index is 13.8. The topological polar surface area (TPSA) is 195 Å². The molecule has 206 valence electrons. The number of carbonyl (C=O) groups is 5. The molecule has 5 unspecified atom stereocenters. The lowest BCUT2D eigenvalue weighted by molar-refractivity contribution is -0.148. The van der Waals surface area contributed by atoms with Crippen LogP contribution >= 0.6 is 0 Å². The van der Waals surface area contributed by atoms with E-state index in [9.17, 15) is 29.1 Å². The number of aliphatic carboxylic acids is 2. The molecule has 1 aromatic heterocycles. The molecule has 1 aliphatic rings. The number of aromatic amines is 1. The van der Waals surface area contributed by atoms with E-state index in [1.807, 2.05) is 38.1 Å².